The van der Waals surface area contributed by atoms with E-state index in [1.54, 1.807) is 28.5 Å². The number of fused-ring (bicyclic) bond motifs is 2. The van der Waals surface area contributed by atoms with Gasteiger partial charge >= 0.3 is 11.9 Å². The van der Waals surface area contributed by atoms with Crippen LogP contribution in [-0.4, -0.2) is 92.7 Å². The number of nitrogen functional groups attached to an aromatic ring is 2. The van der Waals surface area contributed by atoms with E-state index in [4.69, 9.17) is 16.3 Å². The molecule has 3 aromatic heterocycles. The van der Waals surface area contributed by atoms with E-state index >= 15 is 0 Å². The number of carbonyl (C=O) groups is 4. The largest absolute Gasteiger partial charge is 0.478 e. The number of nitrogens with two attached hydrogens (primary N) is 2. The second-order valence-electron chi connectivity index (χ2n) is 9.80. The SMILES string of the molecule is C[n+]1cnn2c(SCC3=C(C(=O)O)N4C(=O)[C@@H](NC(=O)/C(=N\OC(C)(C)C(=O)O)c5csc(N)n5)[C@H]4SC3)nc(N)cc21. The molecule has 43 heavy (non-hydrogen) atoms. The van der Waals surface area contributed by atoms with Crippen molar-refractivity contribution in [1.82, 2.24) is 29.8 Å². The zero-order valence-electron chi connectivity index (χ0n) is 22.7. The van der Waals surface area contributed by atoms with Crippen LogP contribution < -0.4 is 21.4 Å². The number of nitrogens with zero attached hydrogens (tertiary/aromatic N) is 7. The summed E-state index contributed by atoms with van der Waals surface area (Å²) in [6, 6.07) is 0.570. The van der Waals surface area contributed by atoms with Gasteiger partial charge in [0.15, 0.2) is 10.8 Å². The normalized spacial score (nSPS) is 18.8. The summed E-state index contributed by atoms with van der Waals surface area (Å²) in [5.74, 6) is -3.42. The highest BCUT2D eigenvalue weighted by molar-refractivity contribution is 8.01. The van der Waals surface area contributed by atoms with E-state index < -0.39 is 46.5 Å². The Kier molecular flexibility index (Phi) is 7.92. The Morgan fingerprint density at radius 3 is 2.70 bits per heavy atom. The highest BCUT2D eigenvalue weighted by atomic mass is 32.2. The summed E-state index contributed by atoms with van der Waals surface area (Å²) < 4.78 is 3.34. The summed E-state index contributed by atoms with van der Waals surface area (Å²) in [6.45, 7) is 2.48. The maximum Gasteiger partial charge on any atom is 0.352 e. The number of aromatic nitrogens is 5. The molecule has 20 heteroatoms. The maximum absolute atomic E-state index is 13.3. The number of amides is 2. The number of anilines is 2. The van der Waals surface area contributed by atoms with Gasteiger partial charge in [0.1, 0.15) is 28.6 Å². The van der Waals surface area contributed by atoms with Gasteiger partial charge < -0.3 is 31.8 Å². The van der Waals surface area contributed by atoms with Crippen LogP contribution in [0, 0.1) is 0 Å². The van der Waals surface area contributed by atoms with E-state index in [2.05, 4.69) is 25.5 Å². The van der Waals surface area contributed by atoms with Crippen molar-refractivity contribution in [3.05, 3.63) is 34.7 Å². The number of aliphatic carboxylic acids is 2. The molecule has 2 aliphatic rings. The fourth-order valence-corrected chi connectivity index (χ4v) is 7.08. The fraction of sp³-hybridized carbons (Fsp3) is 0.348. The van der Waals surface area contributed by atoms with Gasteiger partial charge in [0.2, 0.25) is 5.60 Å². The Morgan fingerprint density at radius 2 is 2.05 bits per heavy atom. The molecule has 5 heterocycles. The average molecular weight is 650 g/mol. The highest BCUT2D eigenvalue weighted by Crippen LogP contribution is 2.41. The van der Waals surface area contributed by atoms with Gasteiger partial charge in [-0.15, -0.1) is 23.1 Å². The number of oxime groups is 1. The minimum absolute atomic E-state index is 0.0154. The van der Waals surface area contributed by atoms with Crippen molar-refractivity contribution in [2.75, 3.05) is 23.0 Å². The van der Waals surface area contributed by atoms with E-state index in [-0.39, 0.29) is 33.8 Å². The van der Waals surface area contributed by atoms with E-state index in [0.717, 1.165) is 16.2 Å². The summed E-state index contributed by atoms with van der Waals surface area (Å²) in [6.07, 6.45) is 1.59. The van der Waals surface area contributed by atoms with Crippen LogP contribution >= 0.6 is 34.9 Å². The lowest BCUT2D eigenvalue weighted by molar-refractivity contribution is -0.646. The van der Waals surface area contributed by atoms with Gasteiger partial charge in [0, 0.05) is 22.0 Å². The Morgan fingerprint density at radius 1 is 1.30 bits per heavy atom. The van der Waals surface area contributed by atoms with Crippen molar-refractivity contribution >= 4 is 80.9 Å². The molecule has 0 unspecified atom stereocenters. The van der Waals surface area contributed by atoms with Crippen LogP contribution in [0.25, 0.3) is 5.65 Å². The molecule has 2 aliphatic heterocycles. The van der Waals surface area contributed by atoms with Crippen LogP contribution in [0.2, 0.25) is 0 Å². The molecule has 5 rings (SSSR count). The quantitative estimate of drug-likeness (QED) is 0.0455. The number of carbonyl (C=O) groups excluding carboxylic acids is 2. The van der Waals surface area contributed by atoms with Gasteiger partial charge in [-0.05, 0) is 23.9 Å². The van der Waals surface area contributed by atoms with Gasteiger partial charge in [-0.3, -0.25) is 14.5 Å². The molecule has 226 valence electrons. The van der Waals surface area contributed by atoms with E-state index in [1.807, 2.05) is 0 Å². The van der Waals surface area contributed by atoms with E-state index in [9.17, 15) is 29.4 Å². The molecule has 2 atom stereocenters. The lowest BCUT2D eigenvalue weighted by Gasteiger charge is -2.49. The number of hydrogen-bond donors (Lipinski definition) is 5. The predicted molar refractivity (Wildman–Crippen MR) is 155 cm³/mol. The van der Waals surface area contributed by atoms with Gasteiger partial charge in [0.05, 0.1) is 13.1 Å². The molecule has 0 spiro atoms. The van der Waals surface area contributed by atoms with Crippen LogP contribution in [0.15, 0.2) is 39.4 Å². The third-order valence-corrected chi connectivity index (χ3v) is 9.40. The van der Waals surface area contributed by atoms with E-state index in [1.165, 1.54) is 42.8 Å². The molecular weight excluding hydrogens is 625 g/mol. The number of thioether (sulfide) groups is 2. The monoisotopic (exact) mass is 649 g/mol. The standard InChI is InChI=1S/C23H24N10O7S3/c1-23(2,20(38)39)40-30-13(10-7-42-21(25)27-10)16(34)29-14-17(35)32-15(19(36)37)9(5-41-18(14)32)6-43-22-28-11(24)4-12-31(3)8-26-33(12)22/h4,7-8,14,18,24H,5-6H2,1-3H3,(H5,25,27,29,34,36,37,38,39)/p+1/b30-13-/t14-,18-/m1/s1. The van der Waals surface area contributed by atoms with Crippen molar-refractivity contribution in [2.45, 2.75) is 36.0 Å². The molecule has 1 fully saturated rings. The third-order valence-electron chi connectivity index (χ3n) is 6.37. The molecule has 3 aromatic rings. The molecule has 17 nitrogen and oxygen atoms in total. The lowest BCUT2D eigenvalue weighted by atomic mass is 10.0. The molecule has 2 amide bonds. The van der Waals surface area contributed by atoms with Gasteiger partial charge in [-0.25, -0.2) is 19.1 Å². The minimum Gasteiger partial charge on any atom is -0.478 e. The average Bonchev–Trinajstić information content (AvgIpc) is 3.54. The molecule has 0 aromatic carbocycles. The van der Waals surface area contributed by atoms with Crippen LogP contribution in [0.4, 0.5) is 10.9 Å². The number of thiazole rings is 1. The van der Waals surface area contributed by atoms with Crippen LogP contribution in [0.1, 0.15) is 19.5 Å². The first-order chi connectivity index (χ1) is 20.3. The summed E-state index contributed by atoms with van der Waals surface area (Å²) in [5, 5.41) is 31.2. The topological polar surface area (TPSA) is 245 Å². The van der Waals surface area contributed by atoms with Crippen LogP contribution in [0.5, 0.6) is 0 Å². The van der Waals surface area contributed by atoms with Crippen molar-refractivity contribution in [1.29, 1.82) is 0 Å². The number of carboxylic acids is 2. The molecule has 0 radical (unpaired) electrons. The second kappa shape index (κ2) is 11.3. The Bertz CT molecular complexity index is 1730. The fourth-order valence-electron chi connectivity index (χ4n) is 4.08. The molecule has 1 saturated heterocycles. The Hall–Kier alpha value is -4.43. The third kappa shape index (κ3) is 5.67. The van der Waals surface area contributed by atoms with Crippen molar-refractivity contribution in [3.63, 3.8) is 0 Å². The van der Waals surface area contributed by atoms with E-state index in [0.29, 0.717) is 16.4 Å². The smallest absolute Gasteiger partial charge is 0.352 e. The Labute approximate surface area is 255 Å². The lowest BCUT2D eigenvalue weighted by Crippen LogP contribution is -2.71. The maximum atomic E-state index is 13.3. The molecule has 7 N–H and O–H groups in total. The zero-order chi connectivity index (χ0) is 31.2. The number of rotatable bonds is 10. The number of β-lactam (4-membered cyclic amide) rings is 1. The first-order valence-electron chi connectivity index (χ1n) is 12.3. The minimum atomic E-state index is -1.77. The van der Waals surface area contributed by atoms with Gasteiger partial charge in [0.25, 0.3) is 28.9 Å². The molecule has 0 saturated carbocycles. The first-order valence-corrected chi connectivity index (χ1v) is 15.2. The van der Waals surface area contributed by atoms with Crippen LogP contribution in [-0.2, 0) is 31.1 Å². The van der Waals surface area contributed by atoms with Crippen molar-refractivity contribution in [2.24, 2.45) is 12.2 Å². The summed E-state index contributed by atoms with van der Waals surface area (Å²) in [4.78, 5) is 64.8. The summed E-state index contributed by atoms with van der Waals surface area (Å²) >= 11 is 3.52. The van der Waals surface area contributed by atoms with Gasteiger partial charge in [-0.2, -0.15) is 4.98 Å². The Balaban J connectivity index is 1.35. The predicted octanol–water partition coefficient (Wildman–Crippen LogP) is -0.710. The number of nitrogens with one attached hydrogen (secondary N) is 1. The number of aryl methyl sites for hydroxylation is 1. The highest BCUT2D eigenvalue weighted by Gasteiger charge is 2.54. The van der Waals surface area contributed by atoms with Crippen molar-refractivity contribution in [3.8, 4) is 0 Å². The molecular formula is C23H25N10O7S3+. The molecule has 0 aliphatic carbocycles. The second-order valence-corrected chi connectivity index (χ2v) is 12.7. The van der Waals surface area contributed by atoms with Crippen molar-refractivity contribution < 1.29 is 38.8 Å². The zero-order valence-corrected chi connectivity index (χ0v) is 25.2. The number of hydrogen-bond acceptors (Lipinski definition) is 14. The first kappa shape index (κ1) is 30.0. The summed E-state index contributed by atoms with van der Waals surface area (Å²) in [7, 11) is 1.80. The summed E-state index contributed by atoms with van der Waals surface area (Å²) in [5.41, 5.74) is 10.5. The molecule has 0 bridgehead atoms. The van der Waals surface area contributed by atoms with Crippen LogP contribution in [0.3, 0.4) is 0 Å². The number of carboxylic acid groups (broad SMARTS) is 2. The van der Waals surface area contributed by atoms with Gasteiger partial charge in [-0.1, -0.05) is 16.9 Å².